The molecule has 2 nitrogen and oxygen atoms in total. The van der Waals surface area contributed by atoms with E-state index in [4.69, 9.17) is 0 Å². The highest BCUT2D eigenvalue weighted by molar-refractivity contribution is 7.99. The first-order chi connectivity index (χ1) is 9.11. The van der Waals surface area contributed by atoms with Gasteiger partial charge < -0.3 is 10.2 Å². The lowest BCUT2D eigenvalue weighted by molar-refractivity contribution is 0.191. The molecule has 1 atom stereocenters. The monoisotopic (exact) mass is 286 g/mol. The summed E-state index contributed by atoms with van der Waals surface area (Å²) in [5, 5.41) is 3.82. The van der Waals surface area contributed by atoms with Crippen LogP contribution in [0.15, 0.2) is 0 Å². The number of likely N-dealkylation sites (tertiary alicyclic amines) is 1. The summed E-state index contributed by atoms with van der Waals surface area (Å²) >= 11 is 2.10. The lowest BCUT2D eigenvalue weighted by Gasteiger charge is -2.34. The Hall–Kier alpha value is 0.270. The minimum Gasteiger partial charge on any atom is -0.311 e. The molecule has 0 aliphatic carbocycles. The first-order valence-electron chi connectivity index (χ1n) is 8.18. The maximum Gasteiger partial charge on any atom is 0.0132 e. The van der Waals surface area contributed by atoms with Gasteiger partial charge in [-0.1, -0.05) is 27.2 Å². The van der Waals surface area contributed by atoms with Crippen LogP contribution >= 0.6 is 11.8 Å². The molecule has 0 amide bonds. The SMILES string of the molecule is CCCCN1CCC(N[C@@H](C)CSCC(C)C)CC1. The molecule has 1 N–H and O–H groups in total. The smallest absolute Gasteiger partial charge is 0.0132 e. The third kappa shape index (κ3) is 8.21. The summed E-state index contributed by atoms with van der Waals surface area (Å²) in [5.41, 5.74) is 0. The van der Waals surface area contributed by atoms with Crippen LogP contribution in [0, 0.1) is 5.92 Å². The predicted molar refractivity (Wildman–Crippen MR) is 89.1 cm³/mol. The number of hydrogen-bond acceptors (Lipinski definition) is 3. The first-order valence-corrected chi connectivity index (χ1v) is 9.33. The molecule has 1 fully saturated rings. The molecule has 1 aliphatic heterocycles. The summed E-state index contributed by atoms with van der Waals surface area (Å²) in [6.07, 6.45) is 5.36. The molecule has 3 heteroatoms. The fourth-order valence-corrected chi connectivity index (χ4v) is 3.69. The second-order valence-corrected chi connectivity index (χ2v) is 7.54. The van der Waals surface area contributed by atoms with Crippen molar-refractivity contribution in [2.45, 2.75) is 65.5 Å². The highest BCUT2D eigenvalue weighted by Gasteiger charge is 2.19. The fraction of sp³-hybridized carbons (Fsp3) is 1.00. The van der Waals surface area contributed by atoms with Crippen molar-refractivity contribution in [1.82, 2.24) is 10.2 Å². The van der Waals surface area contributed by atoms with Gasteiger partial charge in [-0.05, 0) is 57.5 Å². The fourth-order valence-electron chi connectivity index (χ4n) is 2.64. The molecule has 19 heavy (non-hydrogen) atoms. The van der Waals surface area contributed by atoms with Gasteiger partial charge in [0.1, 0.15) is 0 Å². The second-order valence-electron chi connectivity index (χ2n) is 6.47. The number of hydrogen-bond donors (Lipinski definition) is 1. The zero-order valence-corrected chi connectivity index (χ0v) is 14.3. The van der Waals surface area contributed by atoms with E-state index < -0.39 is 0 Å². The minimum absolute atomic E-state index is 0.663. The molecular formula is C16H34N2S. The molecule has 0 unspecified atom stereocenters. The quantitative estimate of drug-likeness (QED) is 0.697. The Kier molecular flexibility index (Phi) is 9.17. The Morgan fingerprint density at radius 1 is 1.16 bits per heavy atom. The Balaban J connectivity index is 2.07. The van der Waals surface area contributed by atoms with Gasteiger partial charge in [0.15, 0.2) is 0 Å². The van der Waals surface area contributed by atoms with Gasteiger partial charge in [-0.2, -0.15) is 11.8 Å². The van der Waals surface area contributed by atoms with Crippen molar-refractivity contribution in [3.8, 4) is 0 Å². The van der Waals surface area contributed by atoms with Gasteiger partial charge >= 0.3 is 0 Å². The van der Waals surface area contributed by atoms with Gasteiger partial charge in [-0.25, -0.2) is 0 Å². The molecule has 0 bridgehead atoms. The average Bonchev–Trinajstić information content (AvgIpc) is 2.37. The number of thioether (sulfide) groups is 1. The average molecular weight is 287 g/mol. The Morgan fingerprint density at radius 3 is 2.42 bits per heavy atom. The lowest BCUT2D eigenvalue weighted by Crippen LogP contribution is -2.46. The van der Waals surface area contributed by atoms with E-state index in [9.17, 15) is 0 Å². The molecule has 0 aromatic rings. The van der Waals surface area contributed by atoms with Gasteiger partial charge in [-0.15, -0.1) is 0 Å². The normalized spacial score (nSPS) is 20.1. The van der Waals surface area contributed by atoms with Crippen molar-refractivity contribution < 1.29 is 0 Å². The molecule has 114 valence electrons. The topological polar surface area (TPSA) is 15.3 Å². The first kappa shape index (κ1) is 17.3. The van der Waals surface area contributed by atoms with Crippen molar-refractivity contribution in [2.75, 3.05) is 31.1 Å². The van der Waals surface area contributed by atoms with E-state index in [0.29, 0.717) is 6.04 Å². The standard InChI is InChI=1S/C16H34N2S/c1-5-6-9-18-10-7-16(8-11-18)17-15(4)13-19-12-14(2)3/h14-17H,5-13H2,1-4H3/t15-/m0/s1. The van der Waals surface area contributed by atoms with E-state index in [1.54, 1.807) is 0 Å². The third-order valence-corrected chi connectivity index (χ3v) is 5.39. The second kappa shape index (κ2) is 10.1. The molecule has 0 radical (unpaired) electrons. The van der Waals surface area contributed by atoms with Crippen LogP contribution < -0.4 is 5.32 Å². The number of nitrogens with zero attached hydrogens (tertiary/aromatic N) is 1. The number of piperidine rings is 1. The van der Waals surface area contributed by atoms with Crippen LogP contribution in [0.2, 0.25) is 0 Å². The summed E-state index contributed by atoms with van der Waals surface area (Å²) in [5.74, 6) is 3.37. The number of unbranched alkanes of at least 4 members (excludes halogenated alkanes) is 1. The van der Waals surface area contributed by atoms with E-state index in [1.165, 1.54) is 56.8 Å². The molecular weight excluding hydrogens is 252 g/mol. The van der Waals surface area contributed by atoms with E-state index in [0.717, 1.165) is 12.0 Å². The van der Waals surface area contributed by atoms with Crippen LogP contribution in [-0.2, 0) is 0 Å². The van der Waals surface area contributed by atoms with Crippen LogP contribution in [0.1, 0.15) is 53.4 Å². The summed E-state index contributed by atoms with van der Waals surface area (Å²) in [6.45, 7) is 13.1. The van der Waals surface area contributed by atoms with Crippen molar-refractivity contribution in [3.63, 3.8) is 0 Å². The van der Waals surface area contributed by atoms with Gasteiger partial charge in [-0.3, -0.25) is 0 Å². The predicted octanol–water partition coefficient (Wildman–Crippen LogP) is 3.62. The van der Waals surface area contributed by atoms with E-state index in [-0.39, 0.29) is 0 Å². The van der Waals surface area contributed by atoms with Gasteiger partial charge in [0.2, 0.25) is 0 Å². The Bertz CT molecular complexity index is 213. The molecule has 0 aromatic carbocycles. The maximum absolute atomic E-state index is 3.82. The highest BCUT2D eigenvalue weighted by Crippen LogP contribution is 2.14. The van der Waals surface area contributed by atoms with Crippen molar-refractivity contribution >= 4 is 11.8 Å². The molecule has 0 aromatic heterocycles. The van der Waals surface area contributed by atoms with E-state index in [1.807, 2.05) is 0 Å². The molecule has 1 rings (SSSR count). The molecule has 1 saturated heterocycles. The van der Waals surface area contributed by atoms with Crippen molar-refractivity contribution in [1.29, 1.82) is 0 Å². The van der Waals surface area contributed by atoms with E-state index in [2.05, 4.69) is 49.7 Å². The van der Waals surface area contributed by atoms with Crippen LogP contribution in [0.3, 0.4) is 0 Å². The zero-order chi connectivity index (χ0) is 14.1. The number of nitrogens with one attached hydrogen (secondary N) is 1. The largest absolute Gasteiger partial charge is 0.311 e. The zero-order valence-electron chi connectivity index (χ0n) is 13.5. The summed E-state index contributed by atoms with van der Waals surface area (Å²) < 4.78 is 0. The van der Waals surface area contributed by atoms with Crippen molar-refractivity contribution in [3.05, 3.63) is 0 Å². The summed E-state index contributed by atoms with van der Waals surface area (Å²) in [4.78, 5) is 2.64. The Morgan fingerprint density at radius 2 is 1.84 bits per heavy atom. The Labute approximate surface area is 125 Å². The van der Waals surface area contributed by atoms with Crippen LogP contribution in [0.4, 0.5) is 0 Å². The number of rotatable bonds is 9. The van der Waals surface area contributed by atoms with Gasteiger partial charge in [0.25, 0.3) is 0 Å². The van der Waals surface area contributed by atoms with Gasteiger partial charge in [0, 0.05) is 17.8 Å². The van der Waals surface area contributed by atoms with Crippen LogP contribution in [0.25, 0.3) is 0 Å². The van der Waals surface area contributed by atoms with Gasteiger partial charge in [0.05, 0.1) is 0 Å². The molecule has 0 spiro atoms. The maximum atomic E-state index is 3.82. The molecule has 0 saturated carbocycles. The molecule has 1 heterocycles. The molecule has 1 aliphatic rings. The summed E-state index contributed by atoms with van der Waals surface area (Å²) in [7, 11) is 0. The minimum atomic E-state index is 0.663. The highest BCUT2D eigenvalue weighted by atomic mass is 32.2. The third-order valence-electron chi connectivity index (χ3n) is 3.75. The van der Waals surface area contributed by atoms with Crippen LogP contribution in [-0.4, -0.2) is 48.1 Å². The summed E-state index contributed by atoms with van der Waals surface area (Å²) in [6, 6.07) is 1.42. The van der Waals surface area contributed by atoms with Crippen molar-refractivity contribution in [2.24, 2.45) is 5.92 Å². The van der Waals surface area contributed by atoms with E-state index >= 15 is 0 Å². The van der Waals surface area contributed by atoms with Crippen LogP contribution in [0.5, 0.6) is 0 Å². The lowest BCUT2D eigenvalue weighted by atomic mass is 10.0.